The molecular weight excluding hydrogens is 354 g/mol. The fourth-order valence-electron chi connectivity index (χ4n) is 4.39. The molecule has 0 spiro atoms. The summed E-state index contributed by atoms with van der Waals surface area (Å²) in [5.41, 5.74) is 6.55. The third-order valence-corrected chi connectivity index (χ3v) is 5.78. The summed E-state index contributed by atoms with van der Waals surface area (Å²) in [5, 5.41) is 3.56. The second-order valence-corrected chi connectivity index (χ2v) is 7.83. The molecule has 0 aromatic heterocycles. The number of nitrogens with two attached hydrogens (primary N) is 1. The van der Waals surface area contributed by atoms with Crippen molar-refractivity contribution in [2.75, 3.05) is 51.8 Å². The molecule has 3 rings (SSSR count). The van der Waals surface area contributed by atoms with Crippen LogP contribution in [-0.2, 0) is 4.79 Å². The SMILES string of the molecule is CN=C(NCC1CCN(c2ccccc2OC)C1)N1CCCC(CC(N)=O)C1. The van der Waals surface area contributed by atoms with Crippen LogP contribution in [0.25, 0.3) is 0 Å². The van der Waals surface area contributed by atoms with Crippen LogP contribution in [0.3, 0.4) is 0 Å². The van der Waals surface area contributed by atoms with Crippen LogP contribution in [0.2, 0.25) is 0 Å². The number of para-hydroxylation sites is 2. The first-order valence-corrected chi connectivity index (χ1v) is 10.2. The summed E-state index contributed by atoms with van der Waals surface area (Å²) in [5.74, 6) is 2.55. The van der Waals surface area contributed by atoms with Gasteiger partial charge in [-0.15, -0.1) is 0 Å². The van der Waals surface area contributed by atoms with E-state index in [1.165, 1.54) is 5.69 Å². The fraction of sp³-hybridized carbons (Fsp3) is 0.619. The molecule has 2 unspecified atom stereocenters. The second kappa shape index (κ2) is 9.66. The summed E-state index contributed by atoms with van der Waals surface area (Å²) in [6.07, 6.45) is 3.74. The number of hydrogen-bond donors (Lipinski definition) is 2. The van der Waals surface area contributed by atoms with Crippen molar-refractivity contribution in [2.45, 2.75) is 25.7 Å². The molecule has 1 amide bonds. The Morgan fingerprint density at radius 3 is 2.82 bits per heavy atom. The van der Waals surface area contributed by atoms with Gasteiger partial charge in [0.2, 0.25) is 5.91 Å². The van der Waals surface area contributed by atoms with Crippen LogP contribution in [-0.4, -0.2) is 63.6 Å². The summed E-state index contributed by atoms with van der Waals surface area (Å²) >= 11 is 0. The van der Waals surface area contributed by atoms with Crippen LogP contribution in [0.4, 0.5) is 5.69 Å². The second-order valence-electron chi connectivity index (χ2n) is 7.83. The Labute approximate surface area is 167 Å². The maximum absolute atomic E-state index is 11.3. The monoisotopic (exact) mass is 387 g/mol. The number of hydrogen-bond acceptors (Lipinski definition) is 4. The lowest BCUT2D eigenvalue weighted by atomic mass is 9.95. The van der Waals surface area contributed by atoms with Crippen molar-refractivity contribution in [2.24, 2.45) is 22.6 Å². The van der Waals surface area contributed by atoms with Crippen LogP contribution >= 0.6 is 0 Å². The van der Waals surface area contributed by atoms with Gasteiger partial charge in [0.1, 0.15) is 5.75 Å². The molecule has 2 aliphatic heterocycles. The van der Waals surface area contributed by atoms with Gasteiger partial charge in [0, 0.05) is 46.2 Å². The van der Waals surface area contributed by atoms with Crippen molar-refractivity contribution in [1.82, 2.24) is 10.2 Å². The average molecular weight is 388 g/mol. The number of methoxy groups -OCH3 is 1. The third kappa shape index (κ3) is 5.09. The summed E-state index contributed by atoms with van der Waals surface area (Å²) in [4.78, 5) is 20.4. The molecule has 2 fully saturated rings. The number of guanidine groups is 1. The highest BCUT2D eigenvalue weighted by Gasteiger charge is 2.27. The Bertz CT molecular complexity index is 693. The van der Waals surface area contributed by atoms with Crippen molar-refractivity contribution in [3.63, 3.8) is 0 Å². The predicted molar refractivity (Wildman–Crippen MR) is 113 cm³/mol. The number of nitrogens with zero attached hydrogens (tertiary/aromatic N) is 3. The van der Waals surface area contributed by atoms with Gasteiger partial charge >= 0.3 is 0 Å². The molecule has 2 heterocycles. The number of primary amides is 1. The summed E-state index contributed by atoms with van der Waals surface area (Å²) in [7, 11) is 3.55. The van der Waals surface area contributed by atoms with Gasteiger partial charge < -0.3 is 25.6 Å². The zero-order valence-corrected chi connectivity index (χ0v) is 17.1. The molecule has 154 valence electrons. The number of piperidine rings is 1. The highest BCUT2D eigenvalue weighted by atomic mass is 16.5. The number of nitrogens with one attached hydrogen (secondary N) is 1. The van der Waals surface area contributed by atoms with E-state index in [1.807, 2.05) is 19.2 Å². The van der Waals surface area contributed by atoms with Crippen LogP contribution in [0.1, 0.15) is 25.7 Å². The van der Waals surface area contributed by atoms with E-state index in [-0.39, 0.29) is 5.91 Å². The Morgan fingerprint density at radius 1 is 1.25 bits per heavy atom. The maximum Gasteiger partial charge on any atom is 0.217 e. The molecule has 2 atom stereocenters. The number of carbonyl (C=O) groups excluding carboxylic acids is 1. The Morgan fingerprint density at radius 2 is 2.07 bits per heavy atom. The highest BCUT2D eigenvalue weighted by molar-refractivity contribution is 5.80. The molecule has 28 heavy (non-hydrogen) atoms. The predicted octanol–water partition coefficient (Wildman–Crippen LogP) is 1.68. The number of likely N-dealkylation sites (tertiary alicyclic amines) is 1. The Hall–Kier alpha value is -2.44. The van der Waals surface area contributed by atoms with Gasteiger partial charge in [0.15, 0.2) is 5.96 Å². The van der Waals surface area contributed by atoms with E-state index in [1.54, 1.807) is 7.11 Å². The van der Waals surface area contributed by atoms with Gasteiger partial charge in [-0.2, -0.15) is 0 Å². The molecule has 3 N–H and O–H groups in total. The zero-order chi connectivity index (χ0) is 19.9. The first-order valence-electron chi connectivity index (χ1n) is 10.2. The summed E-state index contributed by atoms with van der Waals surface area (Å²) in [6, 6.07) is 8.21. The zero-order valence-electron chi connectivity index (χ0n) is 17.1. The van der Waals surface area contributed by atoms with Crippen LogP contribution in [0.15, 0.2) is 29.3 Å². The first-order chi connectivity index (χ1) is 13.6. The number of amides is 1. The number of anilines is 1. The fourth-order valence-corrected chi connectivity index (χ4v) is 4.39. The van der Waals surface area contributed by atoms with Gasteiger partial charge in [-0.1, -0.05) is 12.1 Å². The third-order valence-electron chi connectivity index (χ3n) is 5.78. The molecule has 7 nitrogen and oxygen atoms in total. The lowest BCUT2D eigenvalue weighted by Gasteiger charge is -2.35. The highest BCUT2D eigenvalue weighted by Crippen LogP contribution is 2.31. The minimum absolute atomic E-state index is 0.211. The number of rotatable bonds is 6. The lowest BCUT2D eigenvalue weighted by molar-refractivity contribution is -0.119. The molecule has 0 bridgehead atoms. The maximum atomic E-state index is 11.3. The van der Waals surface area contributed by atoms with E-state index in [0.29, 0.717) is 18.3 Å². The lowest BCUT2D eigenvalue weighted by Crippen LogP contribution is -2.48. The number of carbonyl (C=O) groups is 1. The van der Waals surface area contributed by atoms with E-state index in [0.717, 1.165) is 63.7 Å². The number of benzene rings is 1. The average Bonchev–Trinajstić information content (AvgIpc) is 3.17. The van der Waals surface area contributed by atoms with Crippen molar-refractivity contribution >= 4 is 17.6 Å². The Kier molecular flexibility index (Phi) is 7.01. The largest absolute Gasteiger partial charge is 0.495 e. The topological polar surface area (TPSA) is 83.2 Å². The van der Waals surface area contributed by atoms with E-state index < -0.39 is 0 Å². The molecule has 0 aliphatic carbocycles. The molecule has 7 heteroatoms. The molecule has 2 saturated heterocycles. The van der Waals surface area contributed by atoms with E-state index in [2.05, 4.69) is 32.2 Å². The molecular formula is C21H33N5O2. The van der Waals surface area contributed by atoms with E-state index in [9.17, 15) is 4.79 Å². The van der Waals surface area contributed by atoms with Crippen LogP contribution < -0.4 is 20.7 Å². The molecule has 2 aliphatic rings. The van der Waals surface area contributed by atoms with Gasteiger partial charge in [0.05, 0.1) is 12.8 Å². The van der Waals surface area contributed by atoms with Crippen molar-refractivity contribution in [3.05, 3.63) is 24.3 Å². The normalized spacial score (nSPS) is 23.0. The van der Waals surface area contributed by atoms with Crippen LogP contribution in [0, 0.1) is 11.8 Å². The number of ether oxygens (including phenoxy) is 1. The minimum Gasteiger partial charge on any atom is -0.495 e. The van der Waals surface area contributed by atoms with Crippen LogP contribution in [0.5, 0.6) is 5.75 Å². The van der Waals surface area contributed by atoms with Gasteiger partial charge in [-0.05, 0) is 43.2 Å². The van der Waals surface area contributed by atoms with Crippen molar-refractivity contribution < 1.29 is 9.53 Å². The minimum atomic E-state index is -0.211. The molecule has 0 radical (unpaired) electrons. The molecule has 1 aromatic carbocycles. The van der Waals surface area contributed by atoms with Crippen molar-refractivity contribution in [3.8, 4) is 5.75 Å². The molecule has 0 saturated carbocycles. The standard InChI is InChI=1S/C21H33N5O2/c1-23-21(26-10-5-6-16(14-26)12-20(22)27)24-13-17-9-11-25(15-17)18-7-3-4-8-19(18)28-2/h3-4,7-8,16-17H,5-6,9-15H2,1-2H3,(H2,22,27)(H,23,24). The summed E-state index contributed by atoms with van der Waals surface area (Å²) < 4.78 is 5.51. The summed E-state index contributed by atoms with van der Waals surface area (Å²) in [6.45, 7) is 4.77. The van der Waals surface area contributed by atoms with Gasteiger partial charge in [-0.25, -0.2) is 0 Å². The van der Waals surface area contributed by atoms with Gasteiger partial charge in [0.25, 0.3) is 0 Å². The number of aliphatic imine (C=N–C) groups is 1. The molecule has 1 aromatic rings. The Balaban J connectivity index is 1.51. The van der Waals surface area contributed by atoms with Crippen molar-refractivity contribution in [1.29, 1.82) is 0 Å². The quantitative estimate of drug-likeness (QED) is 0.573. The van der Waals surface area contributed by atoms with Gasteiger partial charge in [-0.3, -0.25) is 9.79 Å². The van der Waals surface area contributed by atoms with E-state index >= 15 is 0 Å². The smallest absolute Gasteiger partial charge is 0.217 e. The first kappa shape index (κ1) is 20.3. The van der Waals surface area contributed by atoms with E-state index in [4.69, 9.17) is 10.5 Å².